The summed E-state index contributed by atoms with van der Waals surface area (Å²) in [5.74, 6) is -2.48. The second kappa shape index (κ2) is 11.1. The van der Waals surface area contributed by atoms with E-state index < -0.39 is 29.9 Å². The number of oxime groups is 1. The third-order valence-corrected chi connectivity index (χ3v) is 8.63. The van der Waals surface area contributed by atoms with E-state index in [1.807, 2.05) is 41.5 Å². The van der Waals surface area contributed by atoms with Crippen molar-refractivity contribution in [3.05, 3.63) is 46.3 Å². The number of nitrogen functional groups attached to an aromatic ring is 1. The number of carboxylic acid groups (broad SMARTS) is 1. The van der Waals surface area contributed by atoms with Gasteiger partial charge < -0.3 is 21.0 Å². The summed E-state index contributed by atoms with van der Waals surface area (Å²) in [6, 6.07) is 2.46. The number of thioether (sulfide) groups is 1. The first-order chi connectivity index (χ1) is 18.8. The third-order valence-electron chi connectivity index (χ3n) is 6.00. The molecule has 0 saturated carbocycles. The molecule has 0 radical (unpaired) electrons. The zero-order chi connectivity index (χ0) is 27.7. The van der Waals surface area contributed by atoms with Gasteiger partial charge >= 0.3 is 5.97 Å². The standard InChI is InChI=1S/C23H22N8O5S3/c1-3-36-28-16(18-27-22(24)39-29-18)19(32)26-15-13-4-5-14(17(21(34)35)31(13)20(15)33)38-23-25-12(10-37-23)11-6-8-30(2)9-7-11/h6-10,13,15H,3-5H2,1-2H3,(H3-,24,26,27,29,32,34,35)/p+1/b28-16-. The zero-order valence-corrected chi connectivity index (χ0v) is 23.2. The first kappa shape index (κ1) is 26.7. The molecule has 0 bridgehead atoms. The molecule has 2 unspecified atom stereocenters. The number of pyridine rings is 1. The van der Waals surface area contributed by atoms with Gasteiger partial charge in [0.15, 0.2) is 21.9 Å². The highest BCUT2D eigenvalue weighted by atomic mass is 32.2. The molecule has 2 aliphatic rings. The summed E-state index contributed by atoms with van der Waals surface area (Å²) in [7, 11) is 1.93. The van der Waals surface area contributed by atoms with Gasteiger partial charge in [-0.05, 0) is 19.8 Å². The van der Waals surface area contributed by atoms with E-state index in [2.05, 4.69) is 24.8 Å². The monoisotopic (exact) mass is 587 g/mol. The molecule has 3 aromatic heterocycles. The Hall–Kier alpha value is -3.89. The van der Waals surface area contributed by atoms with Crippen LogP contribution in [0.25, 0.3) is 11.3 Å². The molecule has 0 spiro atoms. The molecule has 5 heterocycles. The number of fused-ring (bicyclic) bond motifs is 1. The summed E-state index contributed by atoms with van der Waals surface area (Å²) in [6.45, 7) is 1.90. The maximum Gasteiger partial charge on any atom is 0.353 e. The van der Waals surface area contributed by atoms with Crippen LogP contribution in [0.15, 0.2) is 50.0 Å². The van der Waals surface area contributed by atoms with Crippen molar-refractivity contribution in [2.24, 2.45) is 12.2 Å². The Labute approximate surface area is 234 Å². The number of nitrogens with one attached hydrogen (secondary N) is 1. The smallest absolute Gasteiger partial charge is 0.353 e. The lowest BCUT2D eigenvalue weighted by molar-refractivity contribution is -0.671. The quantitative estimate of drug-likeness (QED) is 0.143. The second-order valence-corrected chi connectivity index (χ2v) is 11.5. The number of hydrogen-bond donors (Lipinski definition) is 3. The molecule has 0 aliphatic carbocycles. The molecule has 4 N–H and O–H groups in total. The minimum atomic E-state index is -1.21. The molecule has 1 saturated heterocycles. The third kappa shape index (κ3) is 5.35. The Balaban J connectivity index is 1.32. The van der Waals surface area contributed by atoms with Crippen molar-refractivity contribution in [3.63, 3.8) is 0 Å². The second-order valence-electron chi connectivity index (χ2n) is 8.51. The minimum Gasteiger partial charge on any atom is -0.477 e. The highest BCUT2D eigenvalue weighted by molar-refractivity contribution is 8.04. The number of nitrogens with two attached hydrogens (primary N) is 1. The topological polar surface area (TPSA) is 177 Å². The van der Waals surface area contributed by atoms with Crippen molar-refractivity contribution in [2.75, 3.05) is 12.3 Å². The fraction of sp³-hybridized carbons (Fsp3) is 0.304. The van der Waals surface area contributed by atoms with Gasteiger partial charge in [-0.25, -0.2) is 14.3 Å². The van der Waals surface area contributed by atoms with Crippen molar-refractivity contribution in [1.82, 2.24) is 24.6 Å². The minimum absolute atomic E-state index is 0.0206. The van der Waals surface area contributed by atoms with Crippen LogP contribution in [0.2, 0.25) is 0 Å². The Morgan fingerprint density at radius 1 is 1.36 bits per heavy atom. The summed E-state index contributed by atoms with van der Waals surface area (Å²) >= 11 is 3.55. The average Bonchev–Trinajstić information content (AvgIpc) is 3.56. The molecule has 2 aliphatic heterocycles. The van der Waals surface area contributed by atoms with Crippen LogP contribution in [0.1, 0.15) is 25.6 Å². The van der Waals surface area contributed by atoms with E-state index in [1.54, 1.807) is 6.92 Å². The number of aromatic nitrogens is 4. The maximum atomic E-state index is 13.1. The largest absolute Gasteiger partial charge is 0.477 e. The summed E-state index contributed by atoms with van der Waals surface area (Å²) in [4.78, 5) is 53.8. The summed E-state index contributed by atoms with van der Waals surface area (Å²) in [6.07, 6.45) is 4.72. The van der Waals surface area contributed by atoms with Gasteiger partial charge in [-0.15, -0.1) is 11.3 Å². The summed E-state index contributed by atoms with van der Waals surface area (Å²) in [5.41, 5.74) is 7.06. The summed E-state index contributed by atoms with van der Waals surface area (Å²) < 4.78 is 6.59. The van der Waals surface area contributed by atoms with E-state index in [-0.39, 0.29) is 29.0 Å². The van der Waals surface area contributed by atoms with Crippen molar-refractivity contribution in [3.8, 4) is 11.3 Å². The van der Waals surface area contributed by atoms with Gasteiger partial charge in [0.2, 0.25) is 11.5 Å². The van der Waals surface area contributed by atoms with Crippen LogP contribution in [-0.4, -0.2) is 66.5 Å². The van der Waals surface area contributed by atoms with Gasteiger partial charge in [0, 0.05) is 39.5 Å². The highest BCUT2D eigenvalue weighted by Crippen LogP contribution is 2.44. The molecule has 1 fully saturated rings. The number of nitrogens with zero attached hydrogens (tertiary/aromatic N) is 6. The van der Waals surface area contributed by atoms with Crippen LogP contribution in [-0.2, 0) is 26.3 Å². The zero-order valence-electron chi connectivity index (χ0n) is 20.7. The first-order valence-electron chi connectivity index (χ1n) is 11.8. The van der Waals surface area contributed by atoms with E-state index in [0.29, 0.717) is 22.1 Å². The molecule has 202 valence electrons. The van der Waals surface area contributed by atoms with Crippen molar-refractivity contribution < 1.29 is 28.9 Å². The SMILES string of the molecule is CCO/N=C(\C(=O)NC1C(=O)N2C(C(=O)O)=C(Sc3nc(-c4cc[n+](C)cc4)cs3)CCC12)c1nsc(N)n1. The van der Waals surface area contributed by atoms with Gasteiger partial charge in [-0.3, -0.25) is 14.5 Å². The number of carboxylic acids is 1. The van der Waals surface area contributed by atoms with Gasteiger partial charge in [0.05, 0.1) is 11.7 Å². The lowest BCUT2D eigenvalue weighted by Gasteiger charge is -2.49. The Bertz CT molecular complexity index is 1500. The van der Waals surface area contributed by atoms with Gasteiger partial charge in [-0.2, -0.15) is 9.36 Å². The number of allylic oxidation sites excluding steroid dienone is 1. The van der Waals surface area contributed by atoms with E-state index in [9.17, 15) is 19.5 Å². The Morgan fingerprint density at radius 2 is 2.13 bits per heavy atom. The number of amides is 2. The van der Waals surface area contributed by atoms with Gasteiger partial charge in [0.1, 0.15) is 25.4 Å². The number of aliphatic carboxylic acids is 1. The van der Waals surface area contributed by atoms with Crippen LogP contribution in [0.5, 0.6) is 0 Å². The van der Waals surface area contributed by atoms with E-state index >= 15 is 0 Å². The number of β-lactam (4-membered cyclic amide) rings is 1. The molecule has 16 heteroatoms. The first-order valence-corrected chi connectivity index (χ1v) is 14.2. The van der Waals surface area contributed by atoms with Crippen LogP contribution >= 0.6 is 34.6 Å². The normalized spacial score (nSPS) is 19.0. The number of anilines is 1. The lowest BCUT2D eigenvalue weighted by Crippen LogP contribution is -2.72. The molecule has 3 aromatic rings. The summed E-state index contributed by atoms with van der Waals surface area (Å²) in [5, 5.41) is 18.5. The fourth-order valence-electron chi connectivity index (χ4n) is 4.20. The maximum absolute atomic E-state index is 13.1. The van der Waals surface area contributed by atoms with Crippen LogP contribution in [0.4, 0.5) is 5.13 Å². The predicted octanol–water partition coefficient (Wildman–Crippen LogP) is 1.39. The molecule has 13 nitrogen and oxygen atoms in total. The number of thiazole rings is 1. The van der Waals surface area contributed by atoms with E-state index in [1.165, 1.54) is 28.0 Å². The molecular weight excluding hydrogens is 565 g/mol. The predicted molar refractivity (Wildman–Crippen MR) is 144 cm³/mol. The van der Waals surface area contributed by atoms with Crippen molar-refractivity contribution in [2.45, 2.75) is 36.2 Å². The highest BCUT2D eigenvalue weighted by Gasteiger charge is 2.54. The molecule has 0 aromatic carbocycles. The molecule has 39 heavy (non-hydrogen) atoms. The van der Waals surface area contributed by atoms with Gasteiger partial charge in [-0.1, -0.05) is 16.9 Å². The van der Waals surface area contributed by atoms with Crippen LogP contribution < -0.4 is 15.6 Å². The molecular formula is C23H23N8O5S3+. The Morgan fingerprint density at radius 3 is 2.79 bits per heavy atom. The van der Waals surface area contributed by atoms with Crippen LogP contribution in [0, 0.1) is 0 Å². The number of carbonyl (C=O) groups excluding carboxylic acids is 2. The molecule has 2 amide bonds. The lowest BCUT2D eigenvalue weighted by atomic mass is 9.86. The number of carbonyl (C=O) groups is 3. The number of rotatable bonds is 9. The number of hydrogen-bond acceptors (Lipinski definition) is 12. The van der Waals surface area contributed by atoms with Crippen LogP contribution in [0.3, 0.4) is 0 Å². The Kier molecular flexibility index (Phi) is 7.58. The van der Waals surface area contributed by atoms with E-state index in [0.717, 1.165) is 22.8 Å². The van der Waals surface area contributed by atoms with Crippen molar-refractivity contribution >= 4 is 63.3 Å². The molecule has 2 atom stereocenters. The van der Waals surface area contributed by atoms with E-state index in [4.69, 9.17) is 10.6 Å². The molecule has 5 rings (SSSR count). The van der Waals surface area contributed by atoms with Gasteiger partial charge in [0.25, 0.3) is 11.8 Å². The van der Waals surface area contributed by atoms with Crippen molar-refractivity contribution in [1.29, 1.82) is 0 Å². The fourth-order valence-corrected chi connectivity index (χ4v) is 6.68. The average molecular weight is 588 g/mol. The number of aryl methyl sites for hydroxylation is 1.